The van der Waals surface area contributed by atoms with Gasteiger partial charge in [0.2, 0.25) is 11.9 Å². The maximum absolute atomic E-state index is 13.3. The van der Waals surface area contributed by atoms with Gasteiger partial charge in [-0.05, 0) is 49.7 Å². The highest BCUT2D eigenvalue weighted by molar-refractivity contribution is 7.99. The summed E-state index contributed by atoms with van der Waals surface area (Å²) < 4.78 is 5.87. The molecule has 1 aliphatic rings. The van der Waals surface area contributed by atoms with Gasteiger partial charge < -0.3 is 0 Å². The van der Waals surface area contributed by atoms with Crippen LogP contribution in [0.1, 0.15) is 28.8 Å². The summed E-state index contributed by atoms with van der Waals surface area (Å²) >= 11 is 4.09. The van der Waals surface area contributed by atoms with Crippen LogP contribution in [0.15, 0.2) is 46.9 Å². The summed E-state index contributed by atoms with van der Waals surface area (Å²) in [5.41, 5.74) is 3.25. The fraction of sp³-hybridized carbons (Fsp3) is 0.292. The standard InChI is InChI=1S/C24H23N5O2S3/c1-3-12-29-22(31)19-16-6-4-5-7-17(16)33-21(19)27-24(29)32-13-18(30)25-23-26-20(34-28-23)15-10-8-14(2)9-11-15/h3,8-11H,1,4-7,12-13H2,2H3,(H,25,28,30). The van der Waals surface area contributed by atoms with Crippen molar-refractivity contribution in [3.05, 3.63) is 63.3 Å². The lowest BCUT2D eigenvalue weighted by molar-refractivity contribution is -0.113. The minimum atomic E-state index is -0.247. The van der Waals surface area contributed by atoms with Crippen LogP contribution in [-0.2, 0) is 24.2 Å². The van der Waals surface area contributed by atoms with Crippen LogP contribution in [0, 0.1) is 6.92 Å². The molecule has 0 saturated heterocycles. The molecule has 0 saturated carbocycles. The largest absolute Gasteiger partial charge is 0.293 e. The molecule has 0 bridgehead atoms. The molecular weight excluding hydrogens is 486 g/mol. The Morgan fingerprint density at radius 2 is 2.03 bits per heavy atom. The summed E-state index contributed by atoms with van der Waals surface area (Å²) in [6.07, 6.45) is 5.88. The van der Waals surface area contributed by atoms with Crippen LogP contribution >= 0.6 is 34.6 Å². The molecule has 0 unspecified atom stereocenters. The monoisotopic (exact) mass is 509 g/mol. The Bertz CT molecular complexity index is 1440. The Hall–Kier alpha value is -2.82. The van der Waals surface area contributed by atoms with E-state index < -0.39 is 0 Å². The summed E-state index contributed by atoms with van der Waals surface area (Å²) in [6.45, 7) is 6.17. The number of carbonyl (C=O) groups is 1. The van der Waals surface area contributed by atoms with Gasteiger partial charge in [0.05, 0.1) is 11.1 Å². The zero-order valence-corrected chi connectivity index (χ0v) is 21.1. The average Bonchev–Trinajstić information content (AvgIpc) is 3.44. The topological polar surface area (TPSA) is 89.8 Å². The van der Waals surface area contributed by atoms with Crippen LogP contribution in [0.3, 0.4) is 0 Å². The fourth-order valence-corrected chi connectivity index (χ4v) is 6.74. The van der Waals surface area contributed by atoms with Crippen molar-refractivity contribution < 1.29 is 4.79 Å². The second-order valence-electron chi connectivity index (χ2n) is 8.12. The lowest BCUT2D eigenvalue weighted by Gasteiger charge is -2.12. The number of carbonyl (C=O) groups excluding carboxylic acids is 1. The van der Waals surface area contributed by atoms with E-state index in [0.29, 0.717) is 11.7 Å². The number of aryl methyl sites for hydroxylation is 3. The Morgan fingerprint density at radius 3 is 2.82 bits per heavy atom. The minimum absolute atomic E-state index is 0.0453. The van der Waals surface area contributed by atoms with Crippen LogP contribution in [0.25, 0.3) is 20.8 Å². The molecule has 7 nitrogen and oxygen atoms in total. The quantitative estimate of drug-likeness (QED) is 0.212. The first-order valence-electron chi connectivity index (χ1n) is 11.0. The van der Waals surface area contributed by atoms with E-state index in [2.05, 4.69) is 21.3 Å². The second kappa shape index (κ2) is 9.81. The van der Waals surface area contributed by atoms with E-state index in [9.17, 15) is 9.59 Å². The number of nitrogens with zero attached hydrogens (tertiary/aromatic N) is 4. The number of nitrogens with one attached hydrogen (secondary N) is 1. The molecule has 1 N–H and O–H groups in total. The number of fused-ring (bicyclic) bond motifs is 3. The van der Waals surface area contributed by atoms with Gasteiger partial charge in [0, 0.05) is 17.0 Å². The number of aromatic nitrogens is 4. The van der Waals surface area contributed by atoms with E-state index in [0.717, 1.165) is 52.0 Å². The van der Waals surface area contributed by atoms with Crippen LogP contribution in [0.4, 0.5) is 5.95 Å². The van der Waals surface area contributed by atoms with Crippen LogP contribution < -0.4 is 10.9 Å². The van der Waals surface area contributed by atoms with Crippen molar-refractivity contribution in [3.8, 4) is 10.6 Å². The van der Waals surface area contributed by atoms with Crippen molar-refractivity contribution in [2.45, 2.75) is 44.3 Å². The lowest BCUT2D eigenvalue weighted by Crippen LogP contribution is -2.24. The Morgan fingerprint density at radius 1 is 1.24 bits per heavy atom. The molecule has 1 aromatic carbocycles. The lowest BCUT2D eigenvalue weighted by atomic mass is 9.97. The number of hydrogen-bond acceptors (Lipinski definition) is 8. The van der Waals surface area contributed by atoms with E-state index in [-0.39, 0.29) is 23.2 Å². The molecule has 0 fully saturated rings. The predicted octanol–water partition coefficient (Wildman–Crippen LogP) is 5.08. The van der Waals surface area contributed by atoms with Gasteiger partial charge in [-0.15, -0.1) is 17.9 Å². The van der Waals surface area contributed by atoms with Gasteiger partial charge in [0.15, 0.2) is 5.16 Å². The second-order valence-corrected chi connectivity index (χ2v) is 10.9. The zero-order chi connectivity index (χ0) is 23.7. The zero-order valence-electron chi connectivity index (χ0n) is 18.7. The third-order valence-corrected chi connectivity index (χ3v) is 8.59. The summed E-state index contributed by atoms with van der Waals surface area (Å²) in [5, 5.41) is 4.77. The molecule has 174 valence electrons. The number of anilines is 1. The normalized spacial score (nSPS) is 13.1. The van der Waals surface area contributed by atoms with Crippen molar-refractivity contribution in [2.75, 3.05) is 11.1 Å². The minimum Gasteiger partial charge on any atom is -0.293 e. The molecule has 0 aliphatic heterocycles. The first-order chi connectivity index (χ1) is 16.5. The van der Waals surface area contributed by atoms with E-state index in [1.165, 1.54) is 33.7 Å². The van der Waals surface area contributed by atoms with Crippen LogP contribution in [0.5, 0.6) is 0 Å². The summed E-state index contributed by atoms with van der Waals surface area (Å²) in [5.74, 6) is 0.131. The fourth-order valence-electron chi connectivity index (χ4n) is 4.00. The molecule has 0 atom stereocenters. The van der Waals surface area contributed by atoms with Gasteiger partial charge in [0.1, 0.15) is 9.84 Å². The van der Waals surface area contributed by atoms with Crippen LogP contribution in [-0.4, -0.2) is 30.6 Å². The molecule has 3 heterocycles. The molecule has 34 heavy (non-hydrogen) atoms. The van der Waals surface area contributed by atoms with Gasteiger partial charge in [0.25, 0.3) is 5.56 Å². The number of thioether (sulfide) groups is 1. The van der Waals surface area contributed by atoms with E-state index in [1.54, 1.807) is 22.0 Å². The first kappa shape index (κ1) is 22.9. The molecule has 0 spiro atoms. The summed E-state index contributed by atoms with van der Waals surface area (Å²) in [6, 6.07) is 8.01. The van der Waals surface area contributed by atoms with Crippen molar-refractivity contribution in [2.24, 2.45) is 0 Å². The maximum atomic E-state index is 13.3. The molecular formula is C24H23N5O2S3. The van der Waals surface area contributed by atoms with Gasteiger partial charge in [-0.25, -0.2) is 4.98 Å². The van der Waals surface area contributed by atoms with Crippen molar-refractivity contribution in [1.82, 2.24) is 18.9 Å². The summed E-state index contributed by atoms with van der Waals surface area (Å²) in [4.78, 5) is 37.2. The van der Waals surface area contributed by atoms with Gasteiger partial charge in [-0.3, -0.25) is 19.5 Å². The van der Waals surface area contributed by atoms with Gasteiger partial charge in [-0.1, -0.05) is 47.7 Å². The van der Waals surface area contributed by atoms with Crippen molar-refractivity contribution in [3.63, 3.8) is 0 Å². The smallest absolute Gasteiger partial charge is 0.263 e. The molecule has 1 amide bonds. The number of hydrogen-bond donors (Lipinski definition) is 1. The highest BCUT2D eigenvalue weighted by Gasteiger charge is 2.22. The van der Waals surface area contributed by atoms with E-state index in [1.807, 2.05) is 31.2 Å². The third-order valence-electron chi connectivity index (χ3n) is 5.66. The highest BCUT2D eigenvalue weighted by atomic mass is 32.2. The number of benzene rings is 1. The van der Waals surface area contributed by atoms with E-state index >= 15 is 0 Å². The third kappa shape index (κ3) is 4.57. The Labute approximate surface area is 209 Å². The molecule has 5 rings (SSSR count). The van der Waals surface area contributed by atoms with Gasteiger partial charge in [-0.2, -0.15) is 9.36 Å². The molecule has 3 aromatic heterocycles. The predicted molar refractivity (Wildman–Crippen MR) is 140 cm³/mol. The van der Waals surface area contributed by atoms with Crippen molar-refractivity contribution >= 4 is 56.7 Å². The Balaban J connectivity index is 1.33. The van der Waals surface area contributed by atoms with Gasteiger partial charge >= 0.3 is 0 Å². The maximum Gasteiger partial charge on any atom is 0.263 e. The highest BCUT2D eigenvalue weighted by Crippen LogP contribution is 2.34. The Kier molecular flexibility index (Phi) is 6.62. The molecule has 10 heteroatoms. The number of allylic oxidation sites excluding steroid dienone is 1. The molecule has 0 radical (unpaired) electrons. The van der Waals surface area contributed by atoms with Crippen molar-refractivity contribution in [1.29, 1.82) is 0 Å². The molecule has 4 aromatic rings. The number of amides is 1. The van der Waals surface area contributed by atoms with Crippen LogP contribution in [0.2, 0.25) is 0 Å². The SMILES string of the molecule is C=CCn1c(SCC(=O)Nc2nsc(-c3ccc(C)cc3)n2)nc2sc3c(c2c1=O)CCCC3. The van der Waals surface area contributed by atoms with E-state index in [4.69, 9.17) is 4.98 Å². The number of rotatable bonds is 7. The molecule has 1 aliphatic carbocycles. The average molecular weight is 510 g/mol. The number of thiophene rings is 1. The summed E-state index contributed by atoms with van der Waals surface area (Å²) in [7, 11) is 0. The first-order valence-corrected chi connectivity index (χ1v) is 13.6.